The molecule has 5 nitrogen and oxygen atoms in total. The quantitative estimate of drug-likeness (QED) is 0.578. The molecule has 1 atom stereocenters. The lowest BCUT2D eigenvalue weighted by atomic mass is 10.1. The standard InChI is InChI=1S/C20H22F2N4O/c1-3-24-20(26-13-16-10-15(11-23)8-9-17(16)21)25-12-14(2)27-19-7-5-4-6-18(19)22/h4-10,14H,3,12-13H2,1-2H3,(H2,24,25,26). The van der Waals surface area contributed by atoms with Gasteiger partial charge in [0.2, 0.25) is 0 Å². The number of halogens is 2. The summed E-state index contributed by atoms with van der Waals surface area (Å²) in [4.78, 5) is 4.33. The van der Waals surface area contributed by atoms with Gasteiger partial charge in [0.1, 0.15) is 11.9 Å². The van der Waals surface area contributed by atoms with Gasteiger partial charge in [-0.1, -0.05) is 12.1 Å². The molecule has 2 aromatic rings. The van der Waals surface area contributed by atoms with Crippen LogP contribution in [0.5, 0.6) is 5.75 Å². The molecule has 0 radical (unpaired) electrons. The van der Waals surface area contributed by atoms with Crippen molar-refractivity contribution in [2.24, 2.45) is 4.99 Å². The third kappa shape index (κ3) is 6.26. The second kappa shape index (κ2) is 10.1. The first kappa shape index (κ1) is 20.2. The van der Waals surface area contributed by atoms with Gasteiger partial charge >= 0.3 is 0 Å². The van der Waals surface area contributed by atoms with Crippen molar-refractivity contribution < 1.29 is 13.5 Å². The van der Waals surface area contributed by atoms with Crippen molar-refractivity contribution in [2.75, 3.05) is 13.1 Å². The molecule has 142 valence electrons. The van der Waals surface area contributed by atoms with Crippen molar-refractivity contribution in [3.63, 3.8) is 0 Å². The van der Waals surface area contributed by atoms with Gasteiger partial charge in [-0.2, -0.15) is 5.26 Å². The topological polar surface area (TPSA) is 69.4 Å². The zero-order valence-corrected chi connectivity index (χ0v) is 15.3. The Morgan fingerprint density at radius 2 is 1.96 bits per heavy atom. The molecule has 2 rings (SSSR count). The van der Waals surface area contributed by atoms with Crippen LogP contribution in [0.25, 0.3) is 0 Å². The Morgan fingerprint density at radius 3 is 2.67 bits per heavy atom. The van der Waals surface area contributed by atoms with Crippen LogP contribution >= 0.6 is 0 Å². The van der Waals surface area contributed by atoms with Crippen LogP contribution in [0.3, 0.4) is 0 Å². The molecule has 0 saturated carbocycles. The van der Waals surface area contributed by atoms with E-state index in [4.69, 9.17) is 10.00 Å². The van der Waals surface area contributed by atoms with Gasteiger partial charge in [0.05, 0.1) is 24.7 Å². The van der Waals surface area contributed by atoms with Gasteiger partial charge in [-0.05, 0) is 44.2 Å². The number of para-hydroxylation sites is 1. The van der Waals surface area contributed by atoms with Crippen molar-refractivity contribution in [1.82, 2.24) is 10.6 Å². The van der Waals surface area contributed by atoms with Crippen molar-refractivity contribution in [1.29, 1.82) is 5.26 Å². The molecular formula is C20H22F2N4O. The fourth-order valence-electron chi connectivity index (χ4n) is 2.31. The van der Waals surface area contributed by atoms with Gasteiger partial charge in [-0.25, -0.2) is 13.8 Å². The summed E-state index contributed by atoms with van der Waals surface area (Å²) in [5.41, 5.74) is 0.716. The van der Waals surface area contributed by atoms with Gasteiger partial charge < -0.3 is 15.4 Å². The van der Waals surface area contributed by atoms with Crippen LogP contribution in [0, 0.1) is 23.0 Å². The highest BCUT2D eigenvalue weighted by molar-refractivity contribution is 5.79. The Labute approximate surface area is 157 Å². The Balaban J connectivity index is 1.97. The third-order valence-corrected chi connectivity index (χ3v) is 3.65. The average molecular weight is 372 g/mol. The van der Waals surface area contributed by atoms with Crippen molar-refractivity contribution in [2.45, 2.75) is 26.5 Å². The van der Waals surface area contributed by atoms with Crippen molar-refractivity contribution >= 4 is 5.96 Å². The van der Waals surface area contributed by atoms with E-state index in [1.807, 2.05) is 13.0 Å². The molecule has 27 heavy (non-hydrogen) atoms. The SMILES string of the molecule is CCNC(=NCc1cc(C#N)ccc1F)NCC(C)Oc1ccccc1F. The Hall–Kier alpha value is -3.14. The minimum atomic E-state index is -0.419. The van der Waals surface area contributed by atoms with E-state index in [2.05, 4.69) is 15.6 Å². The lowest BCUT2D eigenvalue weighted by Gasteiger charge is -2.18. The van der Waals surface area contributed by atoms with E-state index in [-0.39, 0.29) is 18.4 Å². The normalized spacial score (nSPS) is 12.2. The zero-order valence-electron chi connectivity index (χ0n) is 15.3. The maximum absolute atomic E-state index is 13.9. The summed E-state index contributed by atoms with van der Waals surface area (Å²) in [6.07, 6.45) is -0.315. The molecule has 7 heteroatoms. The first-order valence-electron chi connectivity index (χ1n) is 8.65. The molecular weight excluding hydrogens is 350 g/mol. The number of guanidine groups is 1. The predicted octanol–water partition coefficient (Wildman–Crippen LogP) is 3.36. The Kier molecular flexibility index (Phi) is 7.56. The average Bonchev–Trinajstić information content (AvgIpc) is 2.67. The van der Waals surface area contributed by atoms with E-state index in [0.29, 0.717) is 30.2 Å². The summed E-state index contributed by atoms with van der Waals surface area (Å²) in [5.74, 6) is -0.171. The van der Waals surface area contributed by atoms with Crippen LogP contribution < -0.4 is 15.4 Å². The number of nitrogens with zero attached hydrogens (tertiary/aromatic N) is 2. The maximum atomic E-state index is 13.9. The van der Waals surface area contributed by atoms with Crippen molar-refractivity contribution in [3.8, 4) is 11.8 Å². The molecule has 0 heterocycles. The molecule has 0 aliphatic heterocycles. The van der Waals surface area contributed by atoms with Crippen LogP contribution in [0.1, 0.15) is 25.0 Å². The maximum Gasteiger partial charge on any atom is 0.191 e. The molecule has 2 N–H and O–H groups in total. The van der Waals surface area contributed by atoms with E-state index >= 15 is 0 Å². The Bertz CT molecular complexity index is 833. The predicted molar refractivity (Wildman–Crippen MR) is 100 cm³/mol. The van der Waals surface area contributed by atoms with Crippen LogP contribution in [0.2, 0.25) is 0 Å². The van der Waals surface area contributed by atoms with Crippen molar-refractivity contribution in [3.05, 3.63) is 65.2 Å². The van der Waals surface area contributed by atoms with E-state index in [1.165, 1.54) is 24.3 Å². The minimum absolute atomic E-state index is 0.0826. The van der Waals surface area contributed by atoms with Gasteiger partial charge in [-0.15, -0.1) is 0 Å². The highest BCUT2D eigenvalue weighted by Gasteiger charge is 2.09. The number of aliphatic imine (C=N–C) groups is 1. The highest BCUT2D eigenvalue weighted by atomic mass is 19.1. The fraction of sp³-hybridized carbons (Fsp3) is 0.300. The number of hydrogen-bond donors (Lipinski definition) is 2. The molecule has 0 aliphatic carbocycles. The number of benzene rings is 2. The minimum Gasteiger partial charge on any atom is -0.486 e. The number of hydrogen-bond acceptors (Lipinski definition) is 3. The summed E-state index contributed by atoms with van der Waals surface area (Å²) in [7, 11) is 0. The molecule has 0 fully saturated rings. The number of rotatable bonds is 7. The van der Waals surface area contributed by atoms with Crippen LogP contribution in [-0.4, -0.2) is 25.2 Å². The van der Waals surface area contributed by atoms with Crippen LogP contribution in [0.4, 0.5) is 8.78 Å². The molecule has 0 saturated heterocycles. The zero-order chi connectivity index (χ0) is 19.6. The highest BCUT2D eigenvalue weighted by Crippen LogP contribution is 2.16. The van der Waals surface area contributed by atoms with Crippen LogP contribution in [0.15, 0.2) is 47.5 Å². The summed E-state index contributed by atoms with van der Waals surface area (Å²) in [5, 5.41) is 15.1. The molecule has 0 spiro atoms. The fourth-order valence-corrected chi connectivity index (χ4v) is 2.31. The van der Waals surface area contributed by atoms with E-state index < -0.39 is 11.6 Å². The molecule has 1 unspecified atom stereocenters. The van der Waals surface area contributed by atoms with Crippen LogP contribution in [-0.2, 0) is 6.54 Å². The van der Waals surface area contributed by atoms with E-state index in [0.717, 1.165) is 0 Å². The van der Waals surface area contributed by atoms with Gasteiger partial charge in [0.25, 0.3) is 0 Å². The monoisotopic (exact) mass is 372 g/mol. The summed E-state index contributed by atoms with van der Waals surface area (Å²) in [6, 6.07) is 12.3. The first-order chi connectivity index (χ1) is 13.0. The Morgan fingerprint density at radius 1 is 1.19 bits per heavy atom. The summed E-state index contributed by atoms with van der Waals surface area (Å²) < 4.78 is 33.1. The largest absolute Gasteiger partial charge is 0.486 e. The van der Waals surface area contributed by atoms with Gasteiger partial charge in [0, 0.05) is 12.1 Å². The lowest BCUT2D eigenvalue weighted by molar-refractivity contribution is 0.214. The molecule has 0 aromatic heterocycles. The van der Waals surface area contributed by atoms with Gasteiger partial charge in [0.15, 0.2) is 17.5 Å². The second-order valence-corrected chi connectivity index (χ2v) is 5.85. The number of ether oxygens (including phenoxy) is 1. The smallest absolute Gasteiger partial charge is 0.191 e. The van der Waals surface area contributed by atoms with Gasteiger partial charge in [-0.3, -0.25) is 0 Å². The first-order valence-corrected chi connectivity index (χ1v) is 8.65. The molecule has 0 bridgehead atoms. The second-order valence-electron chi connectivity index (χ2n) is 5.85. The molecule has 0 amide bonds. The summed E-state index contributed by atoms with van der Waals surface area (Å²) >= 11 is 0. The molecule has 2 aromatic carbocycles. The van der Waals surface area contributed by atoms with E-state index in [9.17, 15) is 8.78 Å². The lowest BCUT2D eigenvalue weighted by Crippen LogP contribution is -2.41. The number of nitriles is 1. The summed E-state index contributed by atoms with van der Waals surface area (Å²) in [6.45, 7) is 4.79. The number of nitrogens with one attached hydrogen (secondary N) is 2. The third-order valence-electron chi connectivity index (χ3n) is 3.65. The van der Waals surface area contributed by atoms with E-state index in [1.54, 1.807) is 25.1 Å². The molecule has 0 aliphatic rings.